The first-order valence-electron chi connectivity index (χ1n) is 7.95. The number of furan rings is 1. The van der Waals surface area contributed by atoms with Gasteiger partial charge in [0, 0.05) is 6.07 Å². The minimum Gasteiger partial charge on any atom is -0.493 e. The Hall–Kier alpha value is -3.81. The lowest BCUT2D eigenvalue weighted by molar-refractivity contribution is 0.0696. The summed E-state index contributed by atoms with van der Waals surface area (Å²) >= 11 is 0. The third-order valence-corrected chi connectivity index (χ3v) is 3.61. The summed E-state index contributed by atoms with van der Waals surface area (Å²) in [5, 5.41) is 4.10. The van der Waals surface area contributed by atoms with E-state index in [1.165, 1.54) is 31.7 Å². The van der Waals surface area contributed by atoms with Crippen molar-refractivity contribution in [1.82, 2.24) is 4.68 Å². The van der Waals surface area contributed by atoms with E-state index < -0.39 is 5.97 Å². The number of anilines is 1. The molecular formula is C19H17N3O5. The first-order valence-corrected chi connectivity index (χ1v) is 7.95. The van der Waals surface area contributed by atoms with Crippen LogP contribution in [0.5, 0.6) is 11.5 Å². The molecule has 0 saturated carbocycles. The van der Waals surface area contributed by atoms with E-state index in [4.69, 9.17) is 19.6 Å². The minimum absolute atomic E-state index is 0.0805. The predicted molar refractivity (Wildman–Crippen MR) is 99.5 cm³/mol. The van der Waals surface area contributed by atoms with E-state index in [-0.39, 0.29) is 22.9 Å². The number of benzene rings is 1. The number of rotatable bonds is 5. The van der Waals surface area contributed by atoms with Crippen molar-refractivity contribution in [2.24, 2.45) is 5.10 Å². The molecule has 3 rings (SSSR count). The number of aromatic nitrogens is 1. The molecule has 0 aliphatic rings. The first kappa shape index (κ1) is 18.0. The van der Waals surface area contributed by atoms with Crippen molar-refractivity contribution >= 4 is 18.0 Å². The monoisotopic (exact) mass is 367 g/mol. The molecule has 0 amide bonds. The quantitative estimate of drug-likeness (QED) is 0.421. The Labute approximate surface area is 154 Å². The molecule has 0 aliphatic carbocycles. The zero-order valence-corrected chi connectivity index (χ0v) is 14.7. The Morgan fingerprint density at radius 2 is 2.04 bits per heavy atom. The van der Waals surface area contributed by atoms with Gasteiger partial charge >= 0.3 is 5.97 Å². The van der Waals surface area contributed by atoms with Crippen LogP contribution < -0.4 is 20.8 Å². The summed E-state index contributed by atoms with van der Waals surface area (Å²) in [5.41, 5.74) is 6.87. The highest BCUT2D eigenvalue weighted by molar-refractivity contribution is 5.89. The molecule has 0 aliphatic heterocycles. The second kappa shape index (κ2) is 7.61. The molecule has 0 saturated heterocycles. The van der Waals surface area contributed by atoms with Crippen LogP contribution in [0.1, 0.15) is 21.7 Å². The molecule has 0 spiro atoms. The Bertz CT molecular complexity index is 1050. The van der Waals surface area contributed by atoms with Gasteiger partial charge in [-0.3, -0.25) is 4.79 Å². The van der Waals surface area contributed by atoms with Gasteiger partial charge in [0.1, 0.15) is 5.82 Å². The first-order chi connectivity index (χ1) is 13.0. The molecule has 1 aromatic carbocycles. The van der Waals surface area contributed by atoms with Gasteiger partial charge in [0.15, 0.2) is 11.5 Å². The van der Waals surface area contributed by atoms with Crippen molar-refractivity contribution in [2.45, 2.75) is 6.92 Å². The maximum Gasteiger partial charge on any atom is 0.379 e. The topological polar surface area (TPSA) is 109 Å². The Morgan fingerprint density at radius 3 is 2.70 bits per heavy atom. The molecular weight excluding hydrogens is 350 g/mol. The van der Waals surface area contributed by atoms with Gasteiger partial charge < -0.3 is 19.6 Å². The van der Waals surface area contributed by atoms with E-state index in [9.17, 15) is 9.59 Å². The zero-order chi connectivity index (χ0) is 19.4. The molecule has 2 aromatic heterocycles. The van der Waals surface area contributed by atoms with E-state index in [0.29, 0.717) is 11.3 Å². The van der Waals surface area contributed by atoms with Gasteiger partial charge in [-0.25, -0.2) is 4.79 Å². The molecule has 8 heteroatoms. The van der Waals surface area contributed by atoms with Gasteiger partial charge in [0.2, 0.25) is 5.76 Å². The number of nitrogen functional groups attached to an aromatic ring is 1. The van der Waals surface area contributed by atoms with Gasteiger partial charge in [-0.15, -0.1) is 0 Å². The molecule has 0 radical (unpaired) electrons. The number of esters is 1. The number of aryl methyl sites for hydroxylation is 1. The Morgan fingerprint density at radius 1 is 1.22 bits per heavy atom. The van der Waals surface area contributed by atoms with Gasteiger partial charge in [0.05, 0.1) is 19.6 Å². The third kappa shape index (κ3) is 4.06. The number of nitrogens with two attached hydrogens (primary N) is 1. The summed E-state index contributed by atoms with van der Waals surface area (Å²) in [4.78, 5) is 24.0. The number of nitrogens with zero attached hydrogens (tertiary/aromatic N) is 2. The molecule has 3 aromatic rings. The fraction of sp³-hybridized carbons (Fsp3) is 0.105. The van der Waals surface area contributed by atoms with Crippen LogP contribution in [-0.4, -0.2) is 24.0 Å². The largest absolute Gasteiger partial charge is 0.493 e. The van der Waals surface area contributed by atoms with E-state index in [1.54, 1.807) is 37.3 Å². The maximum atomic E-state index is 12.0. The average molecular weight is 367 g/mol. The lowest BCUT2D eigenvalue weighted by Crippen LogP contribution is -2.19. The highest BCUT2D eigenvalue weighted by Gasteiger charge is 2.14. The van der Waals surface area contributed by atoms with Crippen LogP contribution in [0.15, 0.2) is 63.0 Å². The molecule has 0 atom stereocenters. The summed E-state index contributed by atoms with van der Waals surface area (Å²) in [6.45, 7) is 1.78. The summed E-state index contributed by atoms with van der Waals surface area (Å²) in [6, 6.07) is 11.0. The average Bonchev–Trinajstić information content (AvgIpc) is 3.16. The second-order valence-corrected chi connectivity index (χ2v) is 5.63. The predicted octanol–water partition coefficient (Wildman–Crippen LogP) is 2.44. The zero-order valence-electron chi connectivity index (χ0n) is 14.7. The van der Waals surface area contributed by atoms with Crippen LogP contribution in [0.3, 0.4) is 0 Å². The molecule has 2 heterocycles. The lowest BCUT2D eigenvalue weighted by Gasteiger charge is -2.09. The molecule has 0 unspecified atom stereocenters. The molecule has 0 bridgehead atoms. The molecule has 8 nitrogen and oxygen atoms in total. The van der Waals surface area contributed by atoms with Crippen molar-refractivity contribution in [3.63, 3.8) is 0 Å². The van der Waals surface area contributed by atoms with Crippen molar-refractivity contribution < 1.29 is 18.7 Å². The van der Waals surface area contributed by atoms with Crippen molar-refractivity contribution in [1.29, 1.82) is 0 Å². The summed E-state index contributed by atoms with van der Waals surface area (Å²) in [5.74, 6) is 0.217. The highest BCUT2D eigenvalue weighted by atomic mass is 16.6. The van der Waals surface area contributed by atoms with Crippen LogP contribution in [0.4, 0.5) is 5.82 Å². The van der Waals surface area contributed by atoms with Crippen LogP contribution in [0, 0.1) is 6.92 Å². The van der Waals surface area contributed by atoms with Crippen molar-refractivity contribution in [2.75, 3.05) is 12.8 Å². The lowest BCUT2D eigenvalue weighted by atomic mass is 10.2. The SMILES string of the molecule is COc1cc(/C=N\n2c(N)cc(C)cc2=O)ccc1OC(=O)c1ccco1. The molecule has 2 N–H and O–H groups in total. The minimum atomic E-state index is -0.640. The molecule has 27 heavy (non-hydrogen) atoms. The number of pyridine rings is 1. The number of hydrogen-bond acceptors (Lipinski definition) is 7. The smallest absolute Gasteiger partial charge is 0.379 e. The summed E-state index contributed by atoms with van der Waals surface area (Å²) in [6.07, 6.45) is 2.83. The highest BCUT2D eigenvalue weighted by Crippen LogP contribution is 2.28. The van der Waals surface area contributed by atoms with E-state index >= 15 is 0 Å². The van der Waals surface area contributed by atoms with Gasteiger partial charge in [-0.05, 0) is 54.4 Å². The van der Waals surface area contributed by atoms with Crippen LogP contribution in [0.25, 0.3) is 0 Å². The van der Waals surface area contributed by atoms with E-state index in [1.807, 2.05) is 0 Å². The summed E-state index contributed by atoms with van der Waals surface area (Å²) in [7, 11) is 1.45. The number of carbonyl (C=O) groups is 1. The maximum absolute atomic E-state index is 12.0. The van der Waals surface area contributed by atoms with Crippen molar-refractivity contribution in [3.05, 3.63) is 76.0 Å². The fourth-order valence-corrected chi connectivity index (χ4v) is 2.36. The van der Waals surface area contributed by atoms with E-state index in [2.05, 4.69) is 5.10 Å². The Balaban J connectivity index is 1.84. The standard InChI is InChI=1S/C19H17N3O5/c1-12-8-17(20)22(18(23)9-12)21-11-13-5-6-14(16(10-13)25-2)27-19(24)15-4-3-7-26-15/h3-11H,20H2,1-2H3/b21-11-. The number of hydrogen-bond donors (Lipinski definition) is 1. The number of methoxy groups -OCH3 is 1. The number of carbonyl (C=O) groups excluding carboxylic acids is 1. The molecule has 0 fully saturated rings. The van der Waals surface area contributed by atoms with Gasteiger partial charge in [0.25, 0.3) is 5.56 Å². The normalized spacial score (nSPS) is 10.9. The van der Waals surface area contributed by atoms with Gasteiger partial charge in [-0.1, -0.05) is 0 Å². The third-order valence-electron chi connectivity index (χ3n) is 3.61. The number of ether oxygens (including phenoxy) is 2. The Kier molecular flexibility index (Phi) is 5.07. The molecule has 138 valence electrons. The van der Waals surface area contributed by atoms with Crippen molar-refractivity contribution in [3.8, 4) is 11.5 Å². The second-order valence-electron chi connectivity index (χ2n) is 5.63. The van der Waals surface area contributed by atoms with Crippen LogP contribution in [-0.2, 0) is 0 Å². The van der Waals surface area contributed by atoms with Crippen LogP contribution in [0.2, 0.25) is 0 Å². The summed E-state index contributed by atoms with van der Waals surface area (Å²) < 4.78 is 16.6. The van der Waals surface area contributed by atoms with E-state index in [0.717, 1.165) is 10.2 Å². The van der Waals surface area contributed by atoms with Gasteiger partial charge in [-0.2, -0.15) is 9.78 Å². The van der Waals surface area contributed by atoms with Crippen LogP contribution >= 0.6 is 0 Å². The fourth-order valence-electron chi connectivity index (χ4n) is 2.36.